The average Bonchev–Trinajstić information content (AvgIpc) is 1.86. The molecule has 0 radical (unpaired) electrons. The van der Waals surface area contributed by atoms with Crippen LogP contribution in [0, 0.1) is 0 Å². The van der Waals surface area contributed by atoms with Crippen LogP contribution in [0.2, 0.25) is 0 Å². The summed E-state index contributed by atoms with van der Waals surface area (Å²) in [6.45, 7) is 6.41. The molecule has 0 atom stereocenters. The Kier molecular flexibility index (Phi) is 8.32. The van der Waals surface area contributed by atoms with Crippen LogP contribution < -0.4 is 17.3 Å². The predicted octanol–water partition coefficient (Wildman–Crippen LogP) is -3.75. The van der Waals surface area contributed by atoms with Crippen molar-refractivity contribution in [3.05, 3.63) is 12.2 Å². The zero-order valence-corrected chi connectivity index (χ0v) is 8.57. The predicted molar refractivity (Wildman–Crippen MR) is 43.5 cm³/mol. The lowest BCUT2D eigenvalue weighted by molar-refractivity contribution is -0.858. The van der Waals surface area contributed by atoms with Crippen LogP contribution in [0.5, 0.6) is 0 Å². The van der Waals surface area contributed by atoms with Gasteiger partial charge in [0.1, 0.15) is 13.2 Å². The van der Waals surface area contributed by atoms with E-state index in [9.17, 15) is 4.79 Å². The Bertz CT molecular complexity index is 157. The Labute approximate surface area is 79.8 Å². The summed E-state index contributed by atoms with van der Waals surface area (Å²) in [6, 6.07) is 0. The topological polar surface area (TPSA) is 30.7 Å². The highest BCUT2D eigenvalue weighted by atomic mass is 35.5. The quantitative estimate of drug-likeness (QED) is 0.368. The first-order chi connectivity index (χ1) is 5.04. The molecule has 0 heterocycles. The highest BCUT2D eigenvalue weighted by molar-refractivity contribution is 5.86. The molecule has 4 heteroatoms. The van der Waals surface area contributed by atoms with Crippen LogP contribution in [0.3, 0.4) is 0 Å². The van der Waals surface area contributed by atoms with Gasteiger partial charge >= 0.3 is 5.97 Å². The summed E-state index contributed by atoms with van der Waals surface area (Å²) in [6.07, 6.45) is 0. The second-order valence-corrected chi connectivity index (χ2v) is 2.87. The van der Waals surface area contributed by atoms with Gasteiger partial charge in [0.2, 0.25) is 0 Å². The lowest BCUT2D eigenvalue weighted by atomic mass is 10.4. The molecule has 0 amide bonds. The van der Waals surface area contributed by atoms with Gasteiger partial charge in [-0.25, -0.2) is 4.79 Å². The van der Waals surface area contributed by atoms with Crippen molar-refractivity contribution in [1.29, 1.82) is 0 Å². The third kappa shape index (κ3) is 7.57. The van der Waals surface area contributed by atoms with E-state index >= 15 is 0 Å². The average molecular weight is 194 g/mol. The fraction of sp³-hybridized carbons (Fsp3) is 0.625. The van der Waals surface area contributed by atoms with Crippen LogP contribution in [0.4, 0.5) is 0 Å². The lowest BCUT2D eigenvalue weighted by Crippen LogP contribution is -3.06. The summed E-state index contributed by atoms with van der Waals surface area (Å²) in [5.74, 6) is -0.300. The molecule has 3 nitrogen and oxygen atoms in total. The van der Waals surface area contributed by atoms with Crippen molar-refractivity contribution in [2.75, 3.05) is 27.2 Å². The maximum absolute atomic E-state index is 10.8. The molecule has 0 aromatic rings. The number of esters is 1. The first kappa shape index (κ1) is 14.0. The minimum absolute atomic E-state index is 0. The van der Waals surface area contributed by atoms with Crippen molar-refractivity contribution in [2.45, 2.75) is 6.92 Å². The summed E-state index contributed by atoms with van der Waals surface area (Å²) in [4.78, 5) is 12.1. The molecule has 0 aromatic heterocycles. The van der Waals surface area contributed by atoms with Crippen LogP contribution in [0.25, 0.3) is 0 Å². The van der Waals surface area contributed by atoms with E-state index in [0.29, 0.717) is 12.2 Å². The van der Waals surface area contributed by atoms with Crippen LogP contribution >= 0.6 is 0 Å². The van der Waals surface area contributed by atoms with E-state index in [4.69, 9.17) is 4.74 Å². The molecule has 0 fully saturated rings. The first-order valence-electron chi connectivity index (χ1n) is 3.65. The van der Waals surface area contributed by atoms with Gasteiger partial charge in [-0.05, 0) is 6.92 Å². The molecule has 12 heavy (non-hydrogen) atoms. The lowest BCUT2D eigenvalue weighted by Gasteiger charge is -2.07. The number of quaternary nitrogens is 1. The molecule has 0 aliphatic rings. The second-order valence-electron chi connectivity index (χ2n) is 2.87. The highest BCUT2D eigenvalue weighted by Gasteiger charge is 2.02. The van der Waals surface area contributed by atoms with Gasteiger partial charge in [-0.3, -0.25) is 0 Å². The number of rotatable bonds is 4. The van der Waals surface area contributed by atoms with Crippen LogP contribution in [0.15, 0.2) is 12.2 Å². The minimum Gasteiger partial charge on any atom is -1.00 e. The largest absolute Gasteiger partial charge is 1.00 e. The van der Waals surface area contributed by atoms with Gasteiger partial charge in [0.05, 0.1) is 14.1 Å². The Morgan fingerprint density at radius 3 is 2.33 bits per heavy atom. The van der Waals surface area contributed by atoms with E-state index < -0.39 is 0 Å². The summed E-state index contributed by atoms with van der Waals surface area (Å²) >= 11 is 0. The summed E-state index contributed by atoms with van der Waals surface area (Å²) < 4.78 is 4.85. The first-order valence-corrected chi connectivity index (χ1v) is 3.65. The number of carbonyl (C=O) groups is 1. The van der Waals surface area contributed by atoms with Crippen molar-refractivity contribution in [2.24, 2.45) is 0 Å². The molecule has 0 aliphatic carbocycles. The van der Waals surface area contributed by atoms with Crippen LogP contribution in [-0.4, -0.2) is 33.2 Å². The Morgan fingerprint density at radius 1 is 1.50 bits per heavy atom. The van der Waals surface area contributed by atoms with E-state index in [2.05, 4.69) is 6.58 Å². The molecule has 72 valence electrons. The molecular weight excluding hydrogens is 178 g/mol. The van der Waals surface area contributed by atoms with Crippen molar-refractivity contribution < 1.29 is 26.8 Å². The molecule has 1 N–H and O–H groups in total. The molecular formula is C8H16ClNO2. The number of hydrogen-bond donors (Lipinski definition) is 1. The molecule has 0 unspecified atom stereocenters. The zero-order chi connectivity index (χ0) is 8.85. The Hall–Kier alpha value is -0.540. The van der Waals surface area contributed by atoms with Gasteiger partial charge in [-0.15, -0.1) is 0 Å². The Morgan fingerprint density at radius 2 is 2.00 bits per heavy atom. The van der Waals surface area contributed by atoms with Gasteiger partial charge < -0.3 is 22.0 Å². The van der Waals surface area contributed by atoms with Gasteiger partial charge in [-0.1, -0.05) is 6.58 Å². The van der Waals surface area contributed by atoms with Crippen molar-refractivity contribution in [3.63, 3.8) is 0 Å². The number of ether oxygens (including phenoxy) is 1. The monoisotopic (exact) mass is 193 g/mol. The van der Waals surface area contributed by atoms with Gasteiger partial charge in [-0.2, -0.15) is 0 Å². The molecule has 0 aliphatic heterocycles. The van der Waals surface area contributed by atoms with Crippen molar-refractivity contribution in [3.8, 4) is 0 Å². The number of likely N-dealkylation sites (N-methyl/N-ethyl adjacent to an activating group) is 1. The third-order valence-electron chi connectivity index (χ3n) is 1.18. The summed E-state index contributed by atoms with van der Waals surface area (Å²) in [5, 5.41) is 0. The third-order valence-corrected chi connectivity index (χ3v) is 1.18. The molecule has 0 rings (SSSR count). The van der Waals surface area contributed by atoms with Gasteiger partial charge in [0.25, 0.3) is 0 Å². The molecule has 0 saturated carbocycles. The van der Waals surface area contributed by atoms with E-state index in [-0.39, 0.29) is 18.4 Å². The molecule has 0 bridgehead atoms. The number of nitrogens with one attached hydrogen (secondary N) is 1. The van der Waals surface area contributed by atoms with Crippen molar-refractivity contribution in [1.82, 2.24) is 0 Å². The molecule has 0 aromatic carbocycles. The molecule has 0 saturated heterocycles. The Balaban J connectivity index is 0. The SMILES string of the molecule is C=C(C)C(=O)OCC[NH+](C)C.[Cl-]. The van der Waals surface area contributed by atoms with Gasteiger partial charge in [0.15, 0.2) is 0 Å². The normalized spacial score (nSPS) is 9.00. The number of hydrogen-bond acceptors (Lipinski definition) is 2. The van der Waals surface area contributed by atoms with E-state index in [1.807, 2.05) is 14.1 Å². The standard InChI is InChI=1S/C8H15NO2.ClH/c1-7(2)8(10)11-6-5-9(3)4;/h1,5-6H2,2-4H3;1H. The fourth-order valence-corrected chi connectivity index (χ4v) is 0.471. The maximum atomic E-state index is 10.8. The smallest absolute Gasteiger partial charge is 0.333 e. The van der Waals surface area contributed by atoms with E-state index in [1.165, 1.54) is 4.90 Å². The highest BCUT2D eigenvalue weighted by Crippen LogP contribution is 1.89. The van der Waals surface area contributed by atoms with Crippen molar-refractivity contribution >= 4 is 5.97 Å². The van der Waals surface area contributed by atoms with Crippen LogP contribution in [0.1, 0.15) is 6.92 Å². The van der Waals surface area contributed by atoms with Gasteiger partial charge in [0, 0.05) is 5.57 Å². The van der Waals surface area contributed by atoms with Crippen LogP contribution in [-0.2, 0) is 9.53 Å². The summed E-state index contributed by atoms with van der Waals surface area (Å²) in [7, 11) is 4.02. The number of carbonyl (C=O) groups excluding carboxylic acids is 1. The minimum atomic E-state index is -0.300. The zero-order valence-electron chi connectivity index (χ0n) is 7.82. The van der Waals surface area contributed by atoms with E-state index in [0.717, 1.165) is 6.54 Å². The molecule has 0 spiro atoms. The number of halogens is 1. The summed E-state index contributed by atoms with van der Waals surface area (Å²) in [5.41, 5.74) is 0.457. The van der Waals surface area contributed by atoms with E-state index in [1.54, 1.807) is 6.92 Å². The maximum Gasteiger partial charge on any atom is 0.333 e. The second kappa shape index (κ2) is 7.13. The fourth-order valence-electron chi connectivity index (χ4n) is 0.471.